The largest absolute Gasteiger partial charge is 0.268 e. The van der Waals surface area contributed by atoms with E-state index in [1.807, 2.05) is 0 Å². The van der Waals surface area contributed by atoms with Gasteiger partial charge in [0.1, 0.15) is 4.34 Å². The summed E-state index contributed by atoms with van der Waals surface area (Å²) in [6.07, 6.45) is -25.5. The van der Waals surface area contributed by atoms with E-state index in [2.05, 4.69) is 0 Å². The number of hydrogen-bond acceptors (Lipinski definition) is 2. The lowest BCUT2D eigenvalue weighted by atomic mass is 10.1. The van der Waals surface area contributed by atoms with Crippen molar-refractivity contribution in [3.05, 3.63) is 20.8 Å². The summed E-state index contributed by atoms with van der Waals surface area (Å²) in [4.78, 5) is 11.9. The monoisotopic (exact) mass is 264 g/mol. The molecule has 2 nitrogen and oxygen atoms in total. The molecule has 0 amide bonds. The van der Waals surface area contributed by atoms with Crippen molar-refractivity contribution in [1.29, 1.82) is 0 Å². The third-order valence-electron chi connectivity index (χ3n) is 1.09. The average Bonchev–Trinajstić information content (AvgIpc) is 2.91. The van der Waals surface area contributed by atoms with Crippen molar-refractivity contribution < 1.29 is 23.3 Å². The summed E-state index contributed by atoms with van der Waals surface area (Å²) in [6, 6.07) is 0.674. The van der Waals surface area contributed by atoms with Gasteiger partial charge in [0.15, 0.2) is 0 Å². The number of aromatic nitrogens is 1. The molecule has 86 valence electrons. The maximum Gasteiger partial charge on any atom is 0.262 e. The molecule has 0 bridgehead atoms. The van der Waals surface area contributed by atoms with E-state index >= 15 is 0 Å². The summed E-state index contributed by atoms with van der Waals surface area (Å²) in [5.74, 6) is 0. The van der Waals surface area contributed by atoms with Crippen LogP contribution in [0.25, 0.3) is 0 Å². The second kappa shape index (κ2) is 7.07. The van der Waals surface area contributed by atoms with E-state index in [0.29, 0.717) is 6.07 Å². The van der Waals surface area contributed by atoms with E-state index in [4.69, 9.17) is 34.9 Å². The van der Waals surface area contributed by atoms with E-state index in [1.165, 1.54) is 0 Å². The summed E-state index contributed by atoms with van der Waals surface area (Å²) in [5, 5.41) is 0. The molecule has 15 heavy (non-hydrogen) atoms. The first-order chi connectivity index (χ1) is 13.7. The molecular weight excluding hydrogens is 230 g/mol. The van der Waals surface area contributed by atoms with Gasteiger partial charge < -0.3 is 0 Å². The molecule has 1 aromatic heterocycles. The summed E-state index contributed by atoms with van der Waals surface area (Å²) in [5.41, 5.74) is -1.22. The van der Waals surface area contributed by atoms with Gasteiger partial charge in [-0.05, 0) is 17.9 Å². The molecule has 0 saturated heterocycles. The van der Waals surface area contributed by atoms with Crippen LogP contribution in [0, 0.1) is 0 Å². The Morgan fingerprint density at radius 2 is 2.20 bits per heavy atom. The minimum atomic E-state index is -4.39. The summed E-state index contributed by atoms with van der Waals surface area (Å²) in [7, 11) is 0. The van der Waals surface area contributed by atoms with E-state index < -0.39 is 57.1 Å². The summed E-state index contributed by atoms with van der Waals surface area (Å²) in [6.45, 7) is -7.52. The number of rotatable bonds is 7. The minimum Gasteiger partial charge on any atom is -0.268 e. The van der Waals surface area contributed by atoms with Gasteiger partial charge in [-0.15, -0.1) is 0 Å². The molecule has 0 aromatic carbocycles. The van der Waals surface area contributed by atoms with Gasteiger partial charge in [-0.1, -0.05) is 50.3 Å². The molecular formula is C11H18ClNOS. The molecule has 0 fully saturated rings. The molecule has 1 heterocycles. The topological polar surface area (TPSA) is 22.0 Å². The molecule has 0 aliphatic carbocycles. The second-order valence-corrected chi connectivity index (χ2v) is 3.65. The van der Waals surface area contributed by atoms with Gasteiger partial charge in [0.05, 0.1) is 2.74 Å². The molecule has 0 spiro atoms. The van der Waals surface area contributed by atoms with Gasteiger partial charge in [0.25, 0.3) is 5.56 Å². The number of halogens is 1. The maximum absolute atomic E-state index is 11.9. The van der Waals surface area contributed by atoms with Crippen LogP contribution in [0.3, 0.4) is 0 Å². The van der Waals surface area contributed by atoms with Gasteiger partial charge >= 0.3 is 0 Å². The predicted molar refractivity (Wildman–Crippen MR) is 67.0 cm³/mol. The van der Waals surface area contributed by atoms with Crippen LogP contribution in [0.5, 0.6) is 0 Å². The van der Waals surface area contributed by atoms with Crippen molar-refractivity contribution in [2.24, 2.45) is 0 Å². The van der Waals surface area contributed by atoms with Crippen molar-refractivity contribution >= 4 is 23.1 Å². The molecule has 4 heteroatoms. The molecule has 1 rings (SSSR count). The minimum absolute atomic E-state index is 0.0508. The van der Waals surface area contributed by atoms with Crippen molar-refractivity contribution in [2.45, 2.75) is 51.6 Å². The van der Waals surface area contributed by atoms with E-state index in [9.17, 15) is 4.79 Å². The zero-order valence-corrected chi connectivity index (χ0v) is 8.79. The predicted octanol–water partition coefficient (Wildman–Crippen LogP) is 3.92. The number of nitrogens with zero attached hydrogens (tertiary/aromatic N) is 1. The van der Waals surface area contributed by atoms with Gasteiger partial charge in [0.2, 0.25) is 0 Å². The third kappa shape index (κ3) is 4.85. The lowest BCUT2D eigenvalue weighted by Crippen LogP contribution is -2.11. The Hall–Kier alpha value is -0.280. The third-order valence-corrected chi connectivity index (χ3v) is 2.15. The van der Waals surface area contributed by atoms with E-state index in [1.54, 1.807) is 0 Å². The zero-order chi connectivity index (χ0) is 26.1. The van der Waals surface area contributed by atoms with Crippen LogP contribution in [-0.4, -0.2) is 3.96 Å². The molecule has 0 N–H and O–H groups in total. The van der Waals surface area contributed by atoms with Crippen LogP contribution in [-0.2, 0) is 6.50 Å². The SMILES string of the molecule is [2H]C([2H])([2H])C([2H])([2H])C([2H])([2H])C([2H])([2H])C([2H])([2H])C([2H])([2H])C([2H])([2H])C([2H])([2H])n1sc(Cl)cc1=O. The maximum atomic E-state index is 11.9. The number of aryl methyl sites for hydroxylation is 1. The second-order valence-electron chi connectivity index (χ2n) is 2.03. The van der Waals surface area contributed by atoms with E-state index in [0.717, 1.165) is 0 Å². The summed E-state index contributed by atoms with van der Waals surface area (Å²) >= 11 is 5.75. The Morgan fingerprint density at radius 3 is 2.87 bits per heavy atom. The first-order valence-corrected chi connectivity index (χ1v) is 4.71. The molecule has 0 unspecified atom stereocenters. The number of hydrogen-bond donors (Lipinski definition) is 0. The van der Waals surface area contributed by atoms with Crippen molar-refractivity contribution in [3.8, 4) is 0 Å². The summed E-state index contributed by atoms with van der Waals surface area (Å²) < 4.78 is 131. The van der Waals surface area contributed by atoms with Crippen LogP contribution in [0.2, 0.25) is 4.34 Å². The van der Waals surface area contributed by atoms with Gasteiger partial charge in [0, 0.05) is 33.1 Å². The highest BCUT2D eigenvalue weighted by molar-refractivity contribution is 7.11. The Balaban J connectivity index is 3.76. The Morgan fingerprint density at radius 1 is 1.47 bits per heavy atom. The molecule has 0 atom stereocenters. The van der Waals surface area contributed by atoms with Crippen molar-refractivity contribution in [2.75, 3.05) is 0 Å². The van der Waals surface area contributed by atoms with E-state index in [-0.39, 0.29) is 19.8 Å². The fourth-order valence-electron chi connectivity index (χ4n) is 0.596. The highest BCUT2D eigenvalue weighted by atomic mass is 35.5. The highest BCUT2D eigenvalue weighted by Crippen LogP contribution is 2.13. The van der Waals surface area contributed by atoms with Crippen LogP contribution in [0.1, 0.15) is 68.4 Å². The highest BCUT2D eigenvalue weighted by Gasteiger charge is 2.00. The van der Waals surface area contributed by atoms with Crippen LogP contribution >= 0.6 is 23.1 Å². The van der Waals surface area contributed by atoms with Gasteiger partial charge in [-0.3, -0.25) is 8.75 Å². The Bertz CT molecular complexity index is 912. The lowest BCUT2D eigenvalue weighted by molar-refractivity contribution is 0.569. The van der Waals surface area contributed by atoms with Gasteiger partial charge in [-0.25, -0.2) is 0 Å². The van der Waals surface area contributed by atoms with Crippen molar-refractivity contribution in [3.63, 3.8) is 0 Å². The van der Waals surface area contributed by atoms with Gasteiger partial charge in [-0.2, -0.15) is 0 Å². The Labute approximate surface area is 124 Å². The standard InChI is InChI=1S/C11H18ClNOS/c1-2-3-4-5-6-7-8-13-11(14)9-10(12)15-13/h9H,2-8H2,1H3/i1D3,2D2,3D2,4D2,5D2,6D2,7D2,8D2. The zero-order valence-electron chi connectivity index (χ0n) is 24.2. The molecule has 0 saturated carbocycles. The van der Waals surface area contributed by atoms with Crippen LogP contribution < -0.4 is 5.56 Å². The van der Waals surface area contributed by atoms with Crippen LogP contribution in [0.15, 0.2) is 10.9 Å². The van der Waals surface area contributed by atoms with Crippen LogP contribution in [0.4, 0.5) is 0 Å². The molecule has 0 aliphatic rings. The quantitative estimate of drug-likeness (QED) is 0.732. The fraction of sp³-hybridized carbons (Fsp3) is 0.727. The van der Waals surface area contributed by atoms with Crippen molar-refractivity contribution in [1.82, 2.24) is 3.96 Å². The smallest absolute Gasteiger partial charge is 0.262 e. The lowest BCUT2D eigenvalue weighted by Gasteiger charge is -2.00. The first-order valence-electron chi connectivity index (χ1n) is 12.1. The Kier molecular flexibility index (Phi) is 1.30. The normalized spacial score (nSPS) is 35.1. The molecule has 0 radical (unpaired) electrons. The molecule has 1 aromatic rings. The fourth-order valence-corrected chi connectivity index (χ4v) is 1.46. The average molecular weight is 265 g/mol. The molecule has 0 aliphatic heterocycles. The first kappa shape index (κ1) is 2.75.